The summed E-state index contributed by atoms with van der Waals surface area (Å²) in [5.41, 5.74) is 2.68. The number of fused-ring (bicyclic) bond motifs is 3. The molecule has 0 atom stereocenters. The molecule has 0 N–H and O–H groups in total. The van der Waals surface area contributed by atoms with Gasteiger partial charge in [0.15, 0.2) is 23.0 Å². The van der Waals surface area contributed by atoms with Crippen LogP contribution in [-0.2, 0) is 6.42 Å². The van der Waals surface area contributed by atoms with Crippen molar-refractivity contribution in [1.82, 2.24) is 19.6 Å². The van der Waals surface area contributed by atoms with Gasteiger partial charge >= 0.3 is 0 Å². The fraction of sp³-hybridized carbons (Fsp3) is 0.208. The van der Waals surface area contributed by atoms with Gasteiger partial charge in [-0.25, -0.2) is 9.38 Å². The Kier molecular flexibility index (Phi) is 5.78. The number of thiophene rings is 1. The zero-order valence-corrected chi connectivity index (χ0v) is 20.0. The smallest absolute Gasteiger partial charge is 0.213 e. The predicted octanol–water partition coefficient (Wildman–Crippen LogP) is 5.36. The molecule has 0 aliphatic rings. The molecule has 33 heavy (non-hydrogen) atoms. The van der Waals surface area contributed by atoms with Gasteiger partial charge in [-0.15, -0.1) is 21.5 Å². The minimum absolute atomic E-state index is 0.635. The fourth-order valence-electron chi connectivity index (χ4n) is 3.85. The normalized spacial score (nSPS) is 11.3. The Morgan fingerprint density at radius 3 is 2.64 bits per heavy atom. The van der Waals surface area contributed by atoms with E-state index in [0.717, 1.165) is 63.2 Å². The standard InChI is InChI=1S/C24H22ClN5O2S/c1-29(11-10-15-6-9-19(31-2)20(13-15)32-3)24-26-18-14-16(25)7-8-17(18)22-27-28-23(30(22)24)21-5-4-12-33-21/h4-9,12-14H,10-11H2,1-3H3. The lowest BCUT2D eigenvalue weighted by atomic mass is 10.1. The summed E-state index contributed by atoms with van der Waals surface area (Å²) in [4.78, 5) is 8.11. The molecular weight excluding hydrogens is 458 g/mol. The zero-order valence-electron chi connectivity index (χ0n) is 18.4. The van der Waals surface area contributed by atoms with E-state index in [4.69, 9.17) is 26.1 Å². The van der Waals surface area contributed by atoms with Crippen LogP contribution in [0, 0.1) is 0 Å². The number of anilines is 1. The van der Waals surface area contributed by atoms with Crippen LogP contribution in [0.5, 0.6) is 11.5 Å². The molecule has 5 rings (SSSR count). The van der Waals surface area contributed by atoms with E-state index in [-0.39, 0.29) is 0 Å². The zero-order chi connectivity index (χ0) is 22.9. The first kappa shape index (κ1) is 21.5. The molecule has 0 amide bonds. The molecule has 0 unspecified atom stereocenters. The highest BCUT2D eigenvalue weighted by Crippen LogP contribution is 2.32. The molecule has 3 heterocycles. The van der Waals surface area contributed by atoms with E-state index in [1.54, 1.807) is 25.6 Å². The molecule has 0 fully saturated rings. The van der Waals surface area contributed by atoms with Crippen molar-refractivity contribution in [2.24, 2.45) is 0 Å². The van der Waals surface area contributed by atoms with Crippen molar-refractivity contribution in [1.29, 1.82) is 0 Å². The largest absolute Gasteiger partial charge is 0.493 e. The van der Waals surface area contributed by atoms with E-state index in [2.05, 4.69) is 15.1 Å². The number of aromatic nitrogens is 4. The Hall–Kier alpha value is -3.36. The lowest BCUT2D eigenvalue weighted by Crippen LogP contribution is -2.24. The van der Waals surface area contributed by atoms with Gasteiger partial charge in [-0.3, -0.25) is 0 Å². The molecule has 7 nitrogen and oxygen atoms in total. The molecule has 0 saturated heterocycles. The van der Waals surface area contributed by atoms with Gasteiger partial charge in [0.25, 0.3) is 0 Å². The molecule has 0 bridgehead atoms. The number of rotatable bonds is 7. The van der Waals surface area contributed by atoms with Crippen LogP contribution in [0.3, 0.4) is 0 Å². The molecule has 9 heteroatoms. The Morgan fingerprint density at radius 2 is 1.88 bits per heavy atom. The van der Waals surface area contributed by atoms with Crippen LogP contribution in [0.1, 0.15) is 5.56 Å². The summed E-state index contributed by atoms with van der Waals surface area (Å²) in [6, 6.07) is 15.7. The molecule has 0 saturated carbocycles. The van der Waals surface area contributed by atoms with Crippen molar-refractivity contribution >= 4 is 45.4 Å². The maximum absolute atomic E-state index is 6.27. The van der Waals surface area contributed by atoms with E-state index >= 15 is 0 Å². The van der Waals surface area contributed by atoms with Crippen LogP contribution >= 0.6 is 22.9 Å². The van der Waals surface area contributed by atoms with Crippen LogP contribution in [0.4, 0.5) is 5.95 Å². The van der Waals surface area contributed by atoms with E-state index < -0.39 is 0 Å². The SMILES string of the molecule is COc1ccc(CCN(C)c2nc3cc(Cl)ccc3c3nnc(-c4cccs4)n23)cc1OC. The summed E-state index contributed by atoms with van der Waals surface area (Å²) in [5.74, 6) is 2.97. The van der Waals surface area contributed by atoms with Crippen molar-refractivity contribution in [3.05, 3.63) is 64.5 Å². The second-order valence-electron chi connectivity index (χ2n) is 7.59. The van der Waals surface area contributed by atoms with Crippen LogP contribution < -0.4 is 14.4 Å². The summed E-state index contributed by atoms with van der Waals surface area (Å²) < 4.78 is 12.8. The topological polar surface area (TPSA) is 64.8 Å². The highest BCUT2D eigenvalue weighted by molar-refractivity contribution is 7.13. The Balaban J connectivity index is 1.56. The highest BCUT2D eigenvalue weighted by atomic mass is 35.5. The second-order valence-corrected chi connectivity index (χ2v) is 8.98. The van der Waals surface area contributed by atoms with Crippen LogP contribution in [-0.4, -0.2) is 47.4 Å². The van der Waals surface area contributed by atoms with Gasteiger partial charge in [0.1, 0.15) is 0 Å². The molecular formula is C24H22ClN5O2S. The average Bonchev–Trinajstić information content (AvgIpc) is 3.51. The molecule has 2 aromatic carbocycles. The maximum atomic E-state index is 6.27. The van der Waals surface area contributed by atoms with Gasteiger partial charge in [0, 0.05) is 24.0 Å². The third kappa shape index (κ3) is 3.96. The summed E-state index contributed by atoms with van der Waals surface area (Å²) in [6.07, 6.45) is 0.796. The van der Waals surface area contributed by atoms with E-state index in [1.807, 2.05) is 65.4 Å². The molecule has 5 aromatic rings. The minimum Gasteiger partial charge on any atom is -0.493 e. The number of benzene rings is 2. The first-order chi connectivity index (χ1) is 16.1. The minimum atomic E-state index is 0.635. The predicted molar refractivity (Wildman–Crippen MR) is 133 cm³/mol. The Bertz CT molecular complexity index is 1430. The van der Waals surface area contributed by atoms with Crippen molar-refractivity contribution < 1.29 is 9.47 Å². The van der Waals surface area contributed by atoms with Crippen LogP contribution in [0.25, 0.3) is 27.3 Å². The van der Waals surface area contributed by atoms with Gasteiger partial charge in [0.05, 0.1) is 24.6 Å². The number of hydrogen-bond donors (Lipinski definition) is 0. The monoisotopic (exact) mass is 479 g/mol. The number of ether oxygens (including phenoxy) is 2. The third-order valence-electron chi connectivity index (χ3n) is 5.55. The number of hydrogen-bond acceptors (Lipinski definition) is 7. The highest BCUT2D eigenvalue weighted by Gasteiger charge is 2.19. The third-order valence-corrected chi connectivity index (χ3v) is 6.65. The number of halogens is 1. The summed E-state index contributed by atoms with van der Waals surface area (Å²) in [5, 5.41) is 12.6. The fourth-order valence-corrected chi connectivity index (χ4v) is 4.71. The van der Waals surface area contributed by atoms with Crippen LogP contribution in [0.15, 0.2) is 53.9 Å². The van der Waals surface area contributed by atoms with Crippen molar-refractivity contribution in [3.63, 3.8) is 0 Å². The Morgan fingerprint density at radius 1 is 1.03 bits per heavy atom. The molecule has 0 aliphatic carbocycles. The first-order valence-corrected chi connectivity index (χ1v) is 11.6. The molecule has 168 valence electrons. The van der Waals surface area contributed by atoms with Gasteiger partial charge in [-0.2, -0.15) is 0 Å². The summed E-state index contributed by atoms with van der Waals surface area (Å²) >= 11 is 7.89. The lowest BCUT2D eigenvalue weighted by Gasteiger charge is -2.21. The molecule has 3 aromatic heterocycles. The molecule has 0 radical (unpaired) electrons. The summed E-state index contributed by atoms with van der Waals surface area (Å²) in [6.45, 7) is 0.728. The van der Waals surface area contributed by atoms with Gasteiger partial charge in [-0.05, 0) is 53.8 Å². The maximum Gasteiger partial charge on any atom is 0.213 e. The van der Waals surface area contributed by atoms with Crippen molar-refractivity contribution in [2.75, 3.05) is 32.7 Å². The van der Waals surface area contributed by atoms with Crippen molar-refractivity contribution in [2.45, 2.75) is 6.42 Å². The quantitative estimate of drug-likeness (QED) is 0.313. The van der Waals surface area contributed by atoms with E-state index in [0.29, 0.717) is 5.02 Å². The Labute approximate surface area is 200 Å². The van der Waals surface area contributed by atoms with E-state index in [1.165, 1.54) is 0 Å². The van der Waals surface area contributed by atoms with Gasteiger partial charge in [0.2, 0.25) is 5.95 Å². The first-order valence-electron chi connectivity index (χ1n) is 10.4. The number of nitrogens with zero attached hydrogens (tertiary/aromatic N) is 5. The average molecular weight is 480 g/mol. The van der Waals surface area contributed by atoms with E-state index in [9.17, 15) is 0 Å². The van der Waals surface area contributed by atoms with Crippen molar-refractivity contribution in [3.8, 4) is 22.2 Å². The number of methoxy groups -OCH3 is 2. The second kappa shape index (κ2) is 8.88. The molecule has 0 spiro atoms. The molecule has 0 aliphatic heterocycles. The number of likely N-dealkylation sites (N-methyl/N-ethyl adjacent to an activating group) is 1. The van der Waals surface area contributed by atoms with Gasteiger partial charge in [-0.1, -0.05) is 23.7 Å². The van der Waals surface area contributed by atoms with Gasteiger partial charge < -0.3 is 14.4 Å². The lowest BCUT2D eigenvalue weighted by molar-refractivity contribution is 0.354. The van der Waals surface area contributed by atoms with Crippen LogP contribution in [0.2, 0.25) is 5.02 Å². The summed E-state index contributed by atoms with van der Waals surface area (Å²) in [7, 11) is 5.31.